The summed E-state index contributed by atoms with van der Waals surface area (Å²) in [6, 6.07) is 7.53. The summed E-state index contributed by atoms with van der Waals surface area (Å²) in [7, 11) is 0. The smallest absolute Gasteiger partial charge is 0.320 e. The Morgan fingerprint density at radius 1 is 1.44 bits per heavy atom. The summed E-state index contributed by atoms with van der Waals surface area (Å²) in [5.74, 6) is -0.251. The van der Waals surface area contributed by atoms with Crippen LogP contribution in [-0.4, -0.2) is 22.9 Å². The van der Waals surface area contributed by atoms with Gasteiger partial charge in [0.1, 0.15) is 6.04 Å². The zero-order valence-corrected chi connectivity index (χ0v) is 10.2. The molecule has 1 aromatic rings. The van der Waals surface area contributed by atoms with Crippen molar-refractivity contribution in [1.29, 1.82) is 0 Å². The maximum absolute atomic E-state index is 10.9. The van der Waals surface area contributed by atoms with Crippen LogP contribution in [0.2, 0.25) is 0 Å². The first kappa shape index (κ1) is 13.1. The highest BCUT2D eigenvalue weighted by Gasteiger charge is 2.14. The molecular formula is C12H17NO2S. The lowest BCUT2D eigenvalue weighted by molar-refractivity contribution is -0.139. The van der Waals surface area contributed by atoms with E-state index >= 15 is 0 Å². The standard InChI is InChI=1S/C12H17NO2S/c1-9-2-4-10(5-3-9)8-13-11(6-7-16)12(14)15/h2-5,11,13,16H,6-8H2,1H3,(H,14,15)/t11-/m0/s1. The van der Waals surface area contributed by atoms with Crippen molar-refractivity contribution in [3.8, 4) is 0 Å². The molecule has 3 nitrogen and oxygen atoms in total. The van der Waals surface area contributed by atoms with Gasteiger partial charge in [-0.15, -0.1) is 0 Å². The van der Waals surface area contributed by atoms with Crippen LogP contribution in [0, 0.1) is 6.92 Å². The fourth-order valence-electron chi connectivity index (χ4n) is 1.39. The summed E-state index contributed by atoms with van der Waals surface area (Å²) in [6.45, 7) is 2.60. The number of rotatable bonds is 6. The Labute approximate surface area is 101 Å². The number of carbonyl (C=O) groups is 1. The summed E-state index contributed by atoms with van der Waals surface area (Å²) in [5.41, 5.74) is 2.30. The quantitative estimate of drug-likeness (QED) is 0.664. The molecule has 1 aromatic carbocycles. The zero-order valence-electron chi connectivity index (χ0n) is 9.31. The van der Waals surface area contributed by atoms with E-state index in [0.717, 1.165) is 5.56 Å². The maximum atomic E-state index is 10.9. The molecule has 0 bridgehead atoms. The number of benzene rings is 1. The summed E-state index contributed by atoms with van der Waals surface area (Å²) in [5, 5.41) is 11.9. The number of hydrogen-bond donors (Lipinski definition) is 3. The van der Waals surface area contributed by atoms with Gasteiger partial charge in [-0.1, -0.05) is 29.8 Å². The summed E-state index contributed by atoms with van der Waals surface area (Å²) < 4.78 is 0. The fourth-order valence-corrected chi connectivity index (χ4v) is 1.65. The Morgan fingerprint density at radius 3 is 2.56 bits per heavy atom. The van der Waals surface area contributed by atoms with Crippen LogP contribution in [0.15, 0.2) is 24.3 Å². The lowest BCUT2D eigenvalue weighted by Crippen LogP contribution is -2.36. The van der Waals surface area contributed by atoms with Crippen LogP contribution < -0.4 is 5.32 Å². The second-order valence-electron chi connectivity index (χ2n) is 3.77. The third kappa shape index (κ3) is 4.24. The Balaban J connectivity index is 2.48. The Bertz CT molecular complexity index is 337. The van der Waals surface area contributed by atoms with Crippen molar-refractivity contribution in [2.24, 2.45) is 0 Å². The Morgan fingerprint density at radius 2 is 2.06 bits per heavy atom. The molecule has 2 N–H and O–H groups in total. The van der Waals surface area contributed by atoms with Gasteiger partial charge in [0.15, 0.2) is 0 Å². The molecule has 0 fully saturated rings. The molecule has 0 aliphatic rings. The Kier molecular flexibility index (Phi) is 5.35. The van der Waals surface area contributed by atoms with Crippen molar-refractivity contribution in [3.63, 3.8) is 0 Å². The topological polar surface area (TPSA) is 49.3 Å². The summed E-state index contributed by atoms with van der Waals surface area (Å²) >= 11 is 4.04. The third-order valence-electron chi connectivity index (χ3n) is 2.39. The predicted molar refractivity (Wildman–Crippen MR) is 67.9 cm³/mol. The number of nitrogens with one attached hydrogen (secondary N) is 1. The highest BCUT2D eigenvalue weighted by molar-refractivity contribution is 7.80. The Hall–Kier alpha value is -1.00. The molecule has 0 aliphatic heterocycles. The largest absolute Gasteiger partial charge is 0.480 e. The minimum absolute atomic E-state index is 0.515. The highest BCUT2D eigenvalue weighted by atomic mass is 32.1. The van der Waals surface area contributed by atoms with E-state index in [9.17, 15) is 4.79 Å². The number of aryl methyl sites for hydroxylation is 1. The van der Waals surface area contributed by atoms with Gasteiger partial charge in [-0.3, -0.25) is 4.79 Å². The van der Waals surface area contributed by atoms with Crippen molar-refractivity contribution >= 4 is 18.6 Å². The number of hydrogen-bond acceptors (Lipinski definition) is 3. The molecule has 0 aromatic heterocycles. The zero-order chi connectivity index (χ0) is 12.0. The SMILES string of the molecule is Cc1ccc(CN[C@@H](CCS)C(=O)O)cc1. The van der Waals surface area contributed by atoms with E-state index in [0.29, 0.717) is 18.7 Å². The van der Waals surface area contributed by atoms with Crippen molar-refractivity contribution in [2.45, 2.75) is 25.9 Å². The van der Waals surface area contributed by atoms with Crippen LogP contribution in [0.25, 0.3) is 0 Å². The van der Waals surface area contributed by atoms with E-state index in [1.165, 1.54) is 5.56 Å². The lowest BCUT2D eigenvalue weighted by atomic mass is 10.1. The van der Waals surface area contributed by atoms with Gasteiger partial charge >= 0.3 is 5.97 Å². The van der Waals surface area contributed by atoms with Crippen molar-refractivity contribution < 1.29 is 9.90 Å². The van der Waals surface area contributed by atoms with Gasteiger partial charge in [0.25, 0.3) is 0 Å². The van der Waals surface area contributed by atoms with E-state index in [1.54, 1.807) is 0 Å². The molecule has 1 atom stereocenters. The summed E-state index contributed by atoms with van der Waals surface area (Å²) in [4.78, 5) is 10.9. The van der Waals surface area contributed by atoms with Crippen molar-refractivity contribution in [1.82, 2.24) is 5.32 Å². The van der Waals surface area contributed by atoms with Crippen molar-refractivity contribution in [3.05, 3.63) is 35.4 Å². The normalized spacial score (nSPS) is 12.4. The second kappa shape index (κ2) is 6.55. The molecular weight excluding hydrogens is 222 g/mol. The van der Waals surface area contributed by atoms with Crippen LogP contribution in [0.4, 0.5) is 0 Å². The van der Waals surface area contributed by atoms with Crippen LogP contribution in [-0.2, 0) is 11.3 Å². The maximum Gasteiger partial charge on any atom is 0.320 e. The highest BCUT2D eigenvalue weighted by Crippen LogP contribution is 2.04. The predicted octanol–water partition coefficient (Wildman–Crippen LogP) is 1.86. The van der Waals surface area contributed by atoms with Gasteiger partial charge < -0.3 is 10.4 Å². The van der Waals surface area contributed by atoms with Gasteiger partial charge in [-0.05, 0) is 24.7 Å². The van der Waals surface area contributed by atoms with Crippen LogP contribution in [0.1, 0.15) is 17.5 Å². The molecule has 0 spiro atoms. The minimum Gasteiger partial charge on any atom is -0.480 e. The minimum atomic E-state index is -0.818. The number of aliphatic carboxylic acids is 1. The van der Waals surface area contributed by atoms with E-state index in [2.05, 4.69) is 17.9 Å². The fraction of sp³-hybridized carbons (Fsp3) is 0.417. The molecule has 0 saturated heterocycles. The second-order valence-corrected chi connectivity index (χ2v) is 4.22. The number of carboxylic acid groups (broad SMARTS) is 1. The van der Waals surface area contributed by atoms with Gasteiger partial charge in [0, 0.05) is 6.54 Å². The van der Waals surface area contributed by atoms with E-state index in [1.807, 2.05) is 31.2 Å². The molecule has 88 valence electrons. The molecule has 0 aliphatic carbocycles. The van der Waals surface area contributed by atoms with Gasteiger partial charge in [-0.25, -0.2) is 0 Å². The molecule has 16 heavy (non-hydrogen) atoms. The van der Waals surface area contributed by atoms with Crippen LogP contribution in [0.5, 0.6) is 0 Å². The van der Waals surface area contributed by atoms with Crippen LogP contribution in [0.3, 0.4) is 0 Å². The summed E-state index contributed by atoms with van der Waals surface area (Å²) in [6.07, 6.45) is 0.532. The van der Waals surface area contributed by atoms with E-state index in [-0.39, 0.29) is 0 Å². The lowest BCUT2D eigenvalue weighted by Gasteiger charge is -2.13. The molecule has 1 rings (SSSR count). The van der Waals surface area contributed by atoms with Gasteiger partial charge in [0.2, 0.25) is 0 Å². The first-order valence-corrected chi connectivity index (χ1v) is 5.89. The molecule has 0 saturated carbocycles. The number of thiol groups is 1. The monoisotopic (exact) mass is 239 g/mol. The number of carboxylic acids is 1. The average molecular weight is 239 g/mol. The molecule has 0 heterocycles. The first-order valence-electron chi connectivity index (χ1n) is 5.26. The van der Waals surface area contributed by atoms with Crippen molar-refractivity contribution in [2.75, 3.05) is 5.75 Å². The molecule has 0 unspecified atom stereocenters. The third-order valence-corrected chi connectivity index (χ3v) is 2.65. The van der Waals surface area contributed by atoms with E-state index in [4.69, 9.17) is 5.11 Å². The average Bonchev–Trinajstić information content (AvgIpc) is 2.26. The molecule has 4 heteroatoms. The van der Waals surface area contributed by atoms with Gasteiger partial charge in [0.05, 0.1) is 0 Å². The van der Waals surface area contributed by atoms with Crippen LogP contribution >= 0.6 is 12.6 Å². The van der Waals surface area contributed by atoms with E-state index < -0.39 is 12.0 Å². The van der Waals surface area contributed by atoms with Gasteiger partial charge in [-0.2, -0.15) is 12.6 Å². The molecule has 0 amide bonds. The molecule has 0 radical (unpaired) electrons. The first-order chi connectivity index (χ1) is 7.63.